The molecule has 144 valence electrons. The Labute approximate surface area is 164 Å². The van der Waals surface area contributed by atoms with Crippen molar-refractivity contribution >= 4 is 17.3 Å². The molecule has 0 aromatic heterocycles. The lowest BCUT2D eigenvalue weighted by molar-refractivity contribution is -0.892. The van der Waals surface area contributed by atoms with E-state index in [4.69, 9.17) is 0 Å². The van der Waals surface area contributed by atoms with Gasteiger partial charge in [0.15, 0.2) is 6.54 Å². The Morgan fingerprint density at radius 1 is 0.852 bits per heavy atom. The number of unbranched alkanes of at least 4 members (excludes halogenated alkanes) is 2. The van der Waals surface area contributed by atoms with Gasteiger partial charge in [-0.3, -0.25) is 9.69 Å². The summed E-state index contributed by atoms with van der Waals surface area (Å²) in [6.45, 7) is 7.18. The van der Waals surface area contributed by atoms with E-state index in [2.05, 4.69) is 50.2 Å². The predicted molar refractivity (Wildman–Crippen MR) is 113 cm³/mol. The van der Waals surface area contributed by atoms with Gasteiger partial charge in [0.05, 0.1) is 24.5 Å². The highest BCUT2D eigenvalue weighted by Crippen LogP contribution is 2.35. The molecule has 0 fully saturated rings. The summed E-state index contributed by atoms with van der Waals surface area (Å²) in [6.07, 6.45) is 6.69. The monoisotopic (exact) mass is 365 g/mol. The molecule has 0 spiro atoms. The Morgan fingerprint density at radius 3 is 1.81 bits per heavy atom. The summed E-state index contributed by atoms with van der Waals surface area (Å²) in [5.74, 6) is 0.221. The van der Waals surface area contributed by atoms with E-state index in [-0.39, 0.29) is 5.91 Å². The van der Waals surface area contributed by atoms with E-state index >= 15 is 0 Å². The first-order valence-electron chi connectivity index (χ1n) is 10.6. The van der Waals surface area contributed by atoms with Crippen LogP contribution in [0.5, 0.6) is 0 Å². The van der Waals surface area contributed by atoms with Crippen LogP contribution < -0.4 is 9.80 Å². The molecule has 1 amide bonds. The maximum Gasteiger partial charge on any atom is 0.286 e. The number of benzene rings is 2. The van der Waals surface area contributed by atoms with Crippen LogP contribution in [0.2, 0.25) is 0 Å². The summed E-state index contributed by atoms with van der Waals surface area (Å²) in [7, 11) is 0. The molecule has 0 aliphatic carbocycles. The van der Waals surface area contributed by atoms with Crippen molar-refractivity contribution in [3.05, 3.63) is 59.7 Å². The number of para-hydroxylation sites is 2. The topological polar surface area (TPSA) is 24.8 Å². The van der Waals surface area contributed by atoms with Crippen LogP contribution in [0.15, 0.2) is 48.5 Å². The van der Waals surface area contributed by atoms with Crippen molar-refractivity contribution < 1.29 is 9.69 Å². The first kappa shape index (κ1) is 19.6. The van der Waals surface area contributed by atoms with Gasteiger partial charge in [-0.05, 0) is 48.9 Å². The number of hydrogen-bond donors (Lipinski definition) is 1. The summed E-state index contributed by atoms with van der Waals surface area (Å²) in [5, 5.41) is 0. The molecule has 27 heavy (non-hydrogen) atoms. The van der Waals surface area contributed by atoms with Crippen LogP contribution in [0.3, 0.4) is 0 Å². The molecular formula is C24H33N2O+. The summed E-state index contributed by atoms with van der Waals surface area (Å²) in [4.78, 5) is 16.9. The number of hydrogen-bond acceptors (Lipinski definition) is 1. The number of carbonyl (C=O) groups is 1. The van der Waals surface area contributed by atoms with E-state index < -0.39 is 0 Å². The van der Waals surface area contributed by atoms with Crippen LogP contribution in [0.4, 0.5) is 11.4 Å². The van der Waals surface area contributed by atoms with Gasteiger partial charge in [0, 0.05) is 0 Å². The molecule has 0 bridgehead atoms. The Balaban J connectivity index is 1.90. The van der Waals surface area contributed by atoms with Crippen LogP contribution >= 0.6 is 0 Å². The second kappa shape index (κ2) is 9.70. The molecule has 1 aliphatic rings. The average Bonchev–Trinajstić information content (AvgIpc) is 2.86. The number of amides is 1. The fourth-order valence-electron chi connectivity index (χ4n) is 4.00. The first-order chi connectivity index (χ1) is 13.2. The predicted octanol–water partition coefficient (Wildman–Crippen LogP) is 3.94. The number of rotatable bonds is 8. The van der Waals surface area contributed by atoms with Gasteiger partial charge in [-0.15, -0.1) is 0 Å². The second-order valence-electron chi connectivity index (χ2n) is 7.62. The fraction of sp³-hybridized carbons (Fsp3) is 0.458. The van der Waals surface area contributed by atoms with Crippen LogP contribution in [0, 0.1) is 0 Å². The SMILES string of the molecule is CCCC[NH+](CCCC)CC(=O)N1c2ccccc2CCc2ccccc21. The number of aryl methyl sites for hydroxylation is 2. The average molecular weight is 366 g/mol. The Kier molecular flexibility index (Phi) is 7.05. The third-order valence-electron chi connectivity index (χ3n) is 5.55. The van der Waals surface area contributed by atoms with Crippen LogP contribution in [-0.4, -0.2) is 25.5 Å². The van der Waals surface area contributed by atoms with Crippen molar-refractivity contribution in [1.29, 1.82) is 0 Å². The highest BCUT2D eigenvalue weighted by molar-refractivity contribution is 6.02. The third-order valence-corrected chi connectivity index (χ3v) is 5.55. The van der Waals surface area contributed by atoms with E-state index in [0.29, 0.717) is 6.54 Å². The number of nitrogens with one attached hydrogen (secondary N) is 1. The van der Waals surface area contributed by atoms with Crippen LogP contribution in [0.25, 0.3) is 0 Å². The van der Waals surface area contributed by atoms with Crippen molar-refractivity contribution in [2.45, 2.75) is 52.4 Å². The standard InChI is InChI=1S/C24H32N2O/c1-3-5-17-25(18-6-4-2)19-24(27)26-22-13-9-7-11-20(22)15-16-21-12-8-10-14-23(21)26/h7-14H,3-6,15-19H2,1-2H3/p+1. The molecule has 3 rings (SSSR count). The van der Waals surface area contributed by atoms with Gasteiger partial charge in [-0.1, -0.05) is 63.1 Å². The molecule has 0 saturated heterocycles. The van der Waals surface area contributed by atoms with Gasteiger partial charge in [0.1, 0.15) is 0 Å². The van der Waals surface area contributed by atoms with Gasteiger partial charge >= 0.3 is 0 Å². The quantitative estimate of drug-likeness (QED) is 0.753. The van der Waals surface area contributed by atoms with Crippen molar-refractivity contribution in [3.8, 4) is 0 Å². The van der Waals surface area contributed by atoms with Crippen LogP contribution in [0.1, 0.15) is 50.7 Å². The number of quaternary nitrogens is 1. The van der Waals surface area contributed by atoms with Crippen molar-refractivity contribution in [1.82, 2.24) is 0 Å². The van der Waals surface area contributed by atoms with Gasteiger partial charge in [-0.2, -0.15) is 0 Å². The normalized spacial score (nSPS) is 13.2. The maximum absolute atomic E-state index is 13.5. The molecule has 1 heterocycles. The summed E-state index contributed by atoms with van der Waals surface area (Å²) in [5.41, 5.74) is 4.67. The maximum atomic E-state index is 13.5. The molecule has 0 radical (unpaired) electrons. The molecule has 1 aliphatic heterocycles. The lowest BCUT2D eigenvalue weighted by Crippen LogP contribution is -3.13. The summed E-state index contributed by atoms with van der Waals surface area (Å²) < 4.78 is 0. The second-order valence-corrected chi connectivity index (χ2v) is 7.62. The zero-order valence-electron chi connectivity index (χ0n) is 16.8. The molecule has 0 atom stereocenters. The molecule has 1 N–H and O–H groups in total. The zero-order chi connectivity index (χ0) is 19.1. The summed E-state index contributed by atoms with van der Waals surface area (Å²) >= 11 is 0. The minimum Gasteiger partial charge on any atom is -0.327 e. The Morgan fingerprint density at radius 2 is 1.33 bits per heavy atom. The zero-order valence-corrected chi connectivity index (χ0v) is 16.8. The lowest BCUT2D eigenvalue weighted by atomic mass is 10.0. The fourth-order valence-corrected chi connectivity index (χ4v) is 4.00. The Bertz CT molecular complexity index is 700. The molecule has 3 heteroatoms. The van der Waals surface area contributed by atoms with Gasteiger partial charge < -0.3 is 4.90 Å². The van der Waals surface area contributed by atoms with Crippen molar-refractivity contribution in [3.63, 3.8) is 0 Å². The number of fused-ring (bicyclic) bond motifs is 2. The molecule has 0 unspecified atom stereocenters. The molecule has 0 saturated carbocycles. The largest absolute Gasteiger partial charge is 0.327 e. The number of carbonyl (C=O) groups excluding carboxylic acids is 1. The van der Waals surface area contributed by atoms with Crippen molar-refractivity contribution in [2.24, 2.45) is 0 Å². The van der Waals surface area contributed by atoms with Crippen molar-refractivity contribution in [2.75, 3.05) is 24.5 Å². The minimum atomic E-state index is 0.221. The van der Waals surface area contributed by atoms with E-state index in [9.17, 15) is 4.79 Å². The first-order valence-corrected chi connectivity index (χ1v) is 10.6. The number of nitrogens with zero attached hydrogens (tertiary/aromatic N) is 1. The van der Waals surface area contributed by atoms with E-state index in [0.717, 1.165) is 37.3 Å². The van der Waals surface area contributed by atoms with Gasteiger partial charge in [0.25, 0.3) is 5.91 Å². The van der Waals surface area contributed by atoms with E-state index in [1.807, 2.05) is 17.0 Å². The highest BCUT2D eigenvalue weighted by atomic mass is 16.2. The molecule has 3 nitrogen and oxygen atoms in total. The van der Waals surface area contributed by atoms with E-state index in [1.165, 1.54) is 41.7 Å². The smallest absolute Gasteiger partial charge is 0.286 e. The van der Waals surface area contributed by atoms with Gasteiger partial charge in [0.2, 0.25) is 0 Å². The van der Waals surface area contributed by atoms with Gasteiger partial charge in [-0.25, -0.2) is 0 Å². The highest BCUT2D eigenvalue weighted by Gasteiger charge is 2.28. The summed E-state index contributed by atoms with van der Waals surface area (Å²) in [6, 6.07) is 16.8. The number of anilines is 2. The molecule has 2 aromatic carbocycles. The van der Waals surface area contributed by atoms with Crippen LogP contribution in [-0.2, 0) is 17.6 Å². The minimum absolute atomic E-state index is 0.221. The lowest BCUT2D eigenvalue weighted by Gasteiger charge is -2.27. The Hall–Kier alpha value is -2.13. The third kappa shape index (κ3) is 4.78. The van der Waals surface area contributed by atoms with E-state index in [1.54, 1.807) is 0 Å². The molecular weight excluding hydrogens is 332 g/mol. The molecule has 2 aromatic rings.